The first kappa shape index (κ1) is 19.6. The lowest BCUT2D eigenvalue weighted by molar-refractivity contribution is -0.122. The normalized spacial score (nSPS) is 16.4. The molecule has 0 aliphatic heterocycles. The molecule has 1 aliphatic rings. The summed E-state index contributed by atoms with van der Waals surface area (Å²) < 4.78 is 5.26. The fraction of sp³-hybridized carbons (Fsp3) is 0.591. The smallest absolute Gasteiger partial charge is 0.226 e. The highest BCUT2D eigenvalue weighted by molar-refractivity contribution is 5.76. The molecule has 0 saturated heterocycles. The molecule has 5 nitrogen and oxygen atoms in total. The van der Waals surface area contributed by atoms with Crippen molar-refractivity contribution in [2.24, 2.45) is 5.92 Å². The molecule has 5 heteroatoms. The van der Waals surface area contributed by atoms with Crippen LogP contribution in [-0.2, 0) is 11.2 Å². The van der Waals surface area contributed by atoms with Gasteiger partial charge in [0.1, 0.15) is 0 Å². The van der Waals surface area contributed by atoms with Gasteiger partial charge in [-0.15, -0.1) is 0 Å². The molecule has 1 unspecified atom stereocenters. The third kappa shape index (κ3) is 5.65. The Morgan fingerprint density at radius 3 is 2.59 bits per heavy atom. The lowest BCUT2D eigenvalue weighted by atomic mass is 9.81. The molecule has 1 heterocycles. The molecule has 1 N–H and O–H groups in total. The Morgan fingerprint density at radius 1 is 1.19 bits per heavy atom. The Balaban J connectivity index is 1.54. The SMILES string of the molecule is CC(C)c1noc(CCCC(=O)NC(c2ccccc2)C2CCCCC2)n1. The van der Waals surface area contributed by atoms with Gasteiger partial charge in [0, 0.05) is 18.8 Å². The molecular weight excluding hydrogens is 338 g/mol. The monoisotopic (exact) mass is 369 g/mol. The first-order valence-electron chi connectivity index (χ1n) is 10.3. The van der Waals surface area contributed by atoms with E-state index in [2.05, 4.69) is 39.7 Å². The third-order valence-corrected chi connectivity index (χ3v) is 5.39. The van der Waals surface area contributed by atoms with E-state index < -0.39 is 0 Å². The van der Waals surface area contributed by atoms with Crippen molar-refractivity contribution in [3.05, 3.63) is 47.6 Å². The maximum absolute atomic E-state index is 12.6. The maximum atomic E-state index is 12.6. The topological polar surface area (TPSA) is 68.0 Å². The van der Waals surface area contributed by atoms with E-state index in [0.29, 0.717) is 24.7 Å². The second-order valence-electron chi connectivity index (χ2n) is 7.91. The summed E-state index contributed by atoms with van der Waals surface area (Å²) in [4.78, 5) is 17.0. The molecule has 1 aromatic heterocycles. The second kappa shape index (κ2) is 9.67. The number of nitrogens with one attached hydrogen (secondary N) is 1. The summed E-state index contributed by atoms with van der Waals surface area (Å²) in [5.41, 5.74) is 1.22. The minimum atomic E-state index is 0.109. The van der Waals surface area contributed by atoms with Crippen LogP contribution >= 0.6 is 0 Å². The molecule has 146 valence electrons. The van der Waals surface area contributed by atoms with Gasteiger partial charge in [0.15, 0.2) is 5.82 Å². The molecule has 1 fully saturated rings. The molecule has 0 radical (unpaired) electrons. The highest BCUT2D eigenvalue weighted by atomic mass is 16.5. The minimum absolute atomic E-state index is 0.109. The summed E-state index contributed by atoms with van der Waals surface area (Å²) in [5.74, 6) is 2.26. The molecule has 1 aromatic carbocycles. The average Bonchev–Trinajstić information content (AvgIpc) is 3.17. The third-order valence-electron chi connectivity index (χ3n) is 5.39. The van der Waals surface area contributed by atoms with E-state index in [0.717, 1.165) is 12.2 Å². The van der Waals surface area contributed by atoms with Gasteiger partial charge in [0.25, 0.3) is 0 Å². The van der Waals surface area contributed by atoms with Gasteiger partial charge in [-0.2, -0.15) is 4.98 Å². The molecule has 27 heavy (non-hydrogen) atoms. The summed E-state index contributed by atoms with van der Waals surface area (Å²) in [6, 6.07) is 10.5. The molecular formula is C22H31N3O2. The van der Waals surface area contributed by atoms with Gasteiger partial charge in [-0.3, -0.25) is 4.79 Å². The molecule has 0 spiro atoms. The van der Waals surface area contributed by atoms with Gasteiger partial charge in [-0.1, -0.05) is 68.6 Å². The van der Waals surface area contributed by atoms with Crippen molar-refractivity contribution in [2.45, 2.75) is 77.2 Å². The summed E-state index contributed by atoms with van der Waals surface area (Å²) in [6.45, 7) is 4.08. The predicted molar refractivity (Wildman–Crippen MR) is 105 cm³/mol. The van der Waals surface area contributed by atoms with Gasteiger partial charge in [-0.25, -0.2) is 0 Å². The van der Waals surface area contributed by atoms with Crippen LogP contribution in [0, 0.1) is 5.92 Å². The van der Waals surface area contributed by atoms with Crippen LogP contribution in [0.4, 0.5) is 0 Å². The predicted octanol–water partition coefficient (Wildman–Crippen LogP) is 4.95. The average molecular weight is 370 g/mol. The van der Waals surface area contributed by atoms with Crippen molar-refractivity contribution < 1.29 is 9.32 Å². The van der Waals surface area contributed by atoms with E-state index in [4.69, 9.17) is 4.52 Å². The molecule has 0 bridgehead atoms. The van der Waals surface area contributed by atoms with Crippen LogP contribution < -0.4 is 5.32 Å². The fourth-order valence-corrected chi connectivity index (χ4v) is 3.85. The van der Waals surface area contributed by atoms with Gasteiger partial charge in [-0.05, 0) is 30.7 Å². The molecule has 1 aliphatic carbocycles. The Labute approximate surface area is 161 Å². The van der Waals surface area contributed by atoms with Crippen molar-refractivity contribution in [2.75, 3.05) is 0 Å². The Morgan fingerprint density at radius 2 is 1.93 bits per heavy atom. The summed E-state index contributed by atoms with van der Waals surface area (Å²) in [5, 5.41) is 7.28. The molecule has 1 saturated carbocycles. The van der Waals surface area contributed by atoms with Crippen LogP contribution in [0.25, 0.3) is 0 Å². The maximum Gasteiger partial charge on any atom is 0.226 e. The van der Waals surface area contributed by atoms with E-state index in [1.807, 2.05) is 19.9 Å². The first-order valence-corrected chi connectivity index (χ1v) is 10.3. The number of amides is 1. The van der Waals surface area contributed by atoms with Crippen LogP contribution in [0.3, 0.4) is 0 Å². The number of benzene rings is 1. The summed E-state index contributed by atoms with van der Waals surface area (Å²) >= 11 is 0. The van der Waals surface area contributed by atoms with E-state index in [-0.39, 0.29) is 17.9 Å². The highest BCUT2D eigenvalue weighted by Crippen LogP contribution is 2.34. The van der Waals surface area contributed by atoms with Crippen molar-refractivity contribution in [3.63, 3.8) is 0 Å². The molecule has 3 rings (SSSR count). The molecule has 2 aromatic rings. The fourth-order valence-electron chi connectivity index (χ4n) is 3.85. The van der Waals surface area contributed by atoms with Crippen LogP contribution in [0.2, 0.25) is 0 Å². The lowest BCUT2D eigenvalue weighted by Crippen LogP contribution is -2.34. The largest absolute Gasteiger partial charge is 0.349 e. The number of carbonyl (C=O) groups excluding carboxylic acids is 1. The highest BCUT2D eigenvalue weighted by Gasteiger charge is 2.26. The summed E-state index contributed by atoms with van der Waals surface area (Å²) in [7, 11) is 0. The second-order valence-corrected chi connectivity index (χ2v) is 7.91. The van der Waals surface area contributed by atoms with Gasteiger partial charge < -0.3 is 9.84 Å². The Bertz CT molecular complexity index is 705. The first-order chi connectivity index (χ1) is 13.1. The molecule has 1 amide bonds. The Kier molecular flexibility index (Phi) is 7.02. The standard InChI is InChI=1S/C22H31N3O2/c1-16(2)22-24-20(27-25-22)15-9-14-19(26)23-21(17-10-5-3-6-11-17)18-12-7-4-8-13-18/h3,5-6,10-11,16,18,21H,4,7-9,12-15H2,1-2H3,(H,23,26). The van der Waals surface area contributed by atoms with Crippen molar-refractivity contribution in [1.82, 2.24) is 15.5 Å². The van der Waals surface area contributed by atoms with Gasteiger partial charge >= 0.3 is 0 Å². The zero-order valence-electron chi connectivity index (χ0n) is 16.5. The number of rotatable bonds is 8. The quantitative estimate of drug-likeness (QED) is 0.714. The van der Waals surface area contributed by atoms with Crippen molar-refractivity contribution in [1.29, 1.82) is 0 Å². The summed E-state index contributed by atoms with van der Waals surface area (Å²) in [6.07, 6.45) is 8.08. The van der Waals surface area contributed by atoms with E-state index in [9.17, 15) is 4.79 Å². The van der Waals surface area contributed by atoms with Crippen molar-refractivity contribution in [3.8, 4) is 0 Å². The zero-order chi connectivity index (χ0) is 19.1. The number of aromatic nitrogens is 2. The van der Waals surface area contributed by atoms with Crippen LogP contribution in [-0.4, -0.2) is 16.0 Å². The van der Waals surface area contributed by atoms with E-state index in [1.54, 1.807) is 0 Å². The van der Waals surface area contributed by atoms with Crippen molar-refractivity contribution >= 4 is 5.91 Å². The van der Waals surface area contributed by atoms with Crippen LogP contribution in [0.15, 0.2) is 34.9 Å². The van der Waals surface area contributed by atoms with Gasteiger partial charge in [0.05, 0.1) is 6.04 Å². The zero-order valence-corrected chi connectivity index (χ0v) is 16.5. The number of carbonyl (C=O) groups is 1. The Hall–Kier alpha value is -2.17. The van der Waals surface area contributed by atoms with Crippen LogP contribution in [0.5, 0.6) is 0 Å². The van der Waals surface area contributed by atoms with E-state index >= 15 is 0 Å². The lowest BCUT2D eigenvalue weighted by Gasteiger charge is -2.31. The number of hydrogen-bond donors (Lipinski definition) is 1. The van der Waals surface area contributed by atoms with Crippen LogP contribution in [0.1, 0.15) is 88.0 Å². The number of hydrogen-bond acceptors (Lipinski definition) is 4. The van der Waals surface area contributed by atoms with E-state index in [1.165, 1.54) is 37.7 Å². The van der Waals surface area contributed by atoms with Gasteiger partial charge in [0.2, 0.25) is 11.8 Å². The number of nitrogens with zero attached hydrogens (tertiary/aromatic N) is 2. The minimum Gasteiger partial charge on any atom is -0.349 e. The molecule has 1 atom stereocenters. The number of aryl methyl sites for hydroxylation is 1.